The smallest absolute Gasteiger partial charge is 0.249 e. The van der Waals surface area contributed by atoms with Gasteiger partial charge in [-0.15, -0.1) is 0 Å². The first-order valence-corrected chi connectivity index (χ1v) is 8.54. The first-order valence-electron chi connectivity index (χ1n) is 8.54. The average Bonchev–Trinajstić information content (AvgIpc) is 2.62. The molecule has 0 spiro atoms. The molecular weight excluding hydrogens is 322 g/mol. The van der Waals surface area contributed by atoms with Crippen LogP contribution in [-0.4, -0.2) is 66.9 Å². The minimum absolute atomic E-state index is 0.135. The number of hydrogen-bond acceptors (Lipinski definition) is 6. The van der Waals surface area contributed by atoms with Crippen molar-refractivity contribution in [2.24, 2.45) is 0 Å². The van der Waals surface area contributed by atoms with Gasteiger partial charge in [-0.05, 0) is 18.6 Å². The molecule has 2 saturated heterocycles. The van der Waals surface area contributed by atoms with Gasteiger partial charge in [-0.2, -0.15) is 0 Å². The van der Waals surface area contributed by atoms with Crippen LogP contribution in [0.2, 0.25) is 0 Å². The largest absolute Gasteiger partial charge is 0.368 e. The number of piperazine rings is 1. The number of piperidine rings is 1. The molecule has 0 radical (unpaired) electrons. The maximum atomic E-state index is 12.4. The van der Waals surface area contributed by atoms with Crippen LogP contribution >= 0.6 is 0 Å². The highest BCUT2D eigenvalue weighted by Crippen LogP contribution is 2.15. The number of anilines is 1. The van der Waals surface area contributed by atoms with Crippen LogP contribution in [0.4, 0.5) is 5.69 Å². The molecule has 1 aromatic heterocycles. The molecule has 1 atom stereocenters. The molecule has 2 fully saturated rings. The van der Waals surface area contributed by atoms with Crippen molar-refractivity contribution >= 4 is 23.4 Å². The summed E-state index contributed by atoms with van der Waals surface area (Å²) in [5, 5.41) is 5.58. The number of nitrogens with one attached hydrogen (secondary N) is 2. The Kier molecular flexibility index (Phi) is 5.28. The number of hydrogen-bond donors (Lipinski definition) is 2. The lowest BCUT2D eigenvalue weighted by atomic mass is 10.0. The van der Waals surface area contributed by atoms with Crippen molar-refractivity contribution < 1.29 is 14.4 Å². The molecular formula is C17H23N5O3. The van der Waals surface area contributed by atoms with Crippen LogP contribution in [0.25, 0.3) is 0 Å². The third-order valence-electron chi connectivity index (χ3n) is 4.69. The van der Waals surface area contributed by atoms with Gasteiger partial charge < -0.3 is 15.1 Å². The second-order valence-corrected chi connectivity index (χ2v) is 6.39. The van der Waals surface area contributed by atoms with E-state index >= 15 is 0 Å². The third-order valence-corrected chi connectivity index (χ3v) is 4.69. The molecule has 2 aliphatic rings. The van der Waals surface area contributed by atoms with Crippen molar-refractivity contribution in [3.8, 4) is 0 Å². The molecule has 3 rings (SSSR count). The number of amides is 3. The van der Waals surface area contributed by atoms with Gasteiger partial charge in [-0.3, -0.25) is 24.7 Å². The Labute approximate surface area is 146 Å². The fourth-order valence-electron chi connectivity index (χ4n) is 3.14. The number of likely N-dealkylation sites (N-methyl/N-ethyl adjacent to an activating group) is 1. The predicted octanol–water partition coefficient (Wildman–Crippen LogP) is -0.703. The minimum atomic E-state index is -0.592. The molecule has 0 aliphatic carbocycles. The van der Waals surface area contributed by atoms with Crippen molar-refractivity contribution in [1.29, 1.82) is 0 Å². The summed E-state index contributed by atoms with van der Waals surface area (Å²) in [5.41, 5.74) is 1.72. The summed E-state index contributed by atoms with van der Waals surface area (Å²) < 4.78 is 0. The summed E-state index contributed by atoms with van der Waals surface area (Å²) in [6.07, 6.45) is 2.55. The standard InChI is InChI=1S/C17H23N5O3/c1-21(14-4-5-15(23)20-17(14)25)16(24)10-12-2-3-13(11-19-12)22-8-6-18-7-9-22/h2-3,11,14,18H,4-10H2,1H3,(H,20,23,25). The van der Waals surface area contributed by atoms with Gasteiger partial charge in [0.25, 0.3) is 0 Å². The number of rotatable bonds is 4. The Balaban J connectivity index is 1.58. The zero-order valence-corrected chi connectivity index (χ0v) is 14.3. The molecule has 25 heavy (non-hydrogen) atoms. The zero-order valence-electron chi connectivity index (χ0n) is 14.3. The van der Waals surface area contributed by atoms with E-state index in [2.05, 4.69) is 20.5 Å². The Morgan fingerprint density at radius 2 is 2.08 bits per heavy atom. The number of imide groups is 1. The van der Waals surface area contributed by atoms with Gasteiger partial charge >= 0.3 is 0 Å². The maximum absolute atomic E-state index is 12.4. The fourth-order valence-corrected chi connectivity index (χ4v) is 3.14. The highest BCUT2D eigenvalue weighted by molar-refractivity contribution is 6.01. The Bertz CT molecular complexity index is 655. The molecule has 3 heterocycles. The van der Waals surface area contributed by atoms with Gasteiger partial charge in [0.15, 0.2) is 0 Å². The van der Waals surface area contributed by atoms with E-state index in [0.717, 1.165) is 31.9 Å². The molecule has 3 amide bonds. The van der Waals surface area contributed by atoms with Crippen LogP contribution < -0.4 is 15.5 Å². The van der Waals surface area contributed by atoms with E-state index < -0.39 is 11.9 Å². The first kappa shape index (κ1) is 17.3. The molecule has 2 N–H and O–H groups in total. The SMILES string of the molecule is CN(C(=O)Cc1ccc(N2CCNCC2)cn1)C1CCC(=O)NC1=O. The van der Waals surface area contributed by atoms with Gasteiger partial charge in [0.2, 0.25) is 17.7 Å². The summed E-state index contributed by atoms with van der Waals surface area (Å²) in [5.74, 6) is -0.877. The lowest BCUT2D eigenvalue weighted by Gasteiger charge is -2.30. The summed E-state index contributed by atoms with van der Waals surface area (Å²) in [4.78, 5) is 43.6. The van der Waals surface area contributed by atoms with E-state index in [9.17, 15) is 14.4 Å². The first-order chi connectivity index (χ1) is 12.0. The van der Waals surface area contributed by atoms with Crippen molar-refractivity contribution in [2.75, 3.05) is 38.1 Å². The molecule has 134 valence electrons. The Hall–Kier alpha value is -2.48. The predicted molar refractivity (Wildman–Crippen MR) is 92.0 cm³/mol. The molecule has 0 bridgehead atoms. The van der Waals surface area contributed by atoms with E-state index in [4.69, 9.17) is 0 Å². The van der Waals surface area contributed by atoms with E-state index in [0.29, 0.717) is 12.1 Å². The van der Waals surface area contributed by atoms with Crippen molar-refractivity contribution in [3.63, 3.8) is 0 Å². The van der Waals surface area contributed by atoms with Crippen molar-refractivity contribution in [2.45, 2.75) is 25.3 Å². The highest BCUT2D eigenvalue weighted by Gasteiger charge is 2.32. The zero-order chi connectivity index (χ0) is 17.8. The summed E-state index contributed by atoms with van der Waals surface area (Å²) in [6.45, 7) is 3.80. The number of carbonyl (C=O) groups is 3. The molecule has 0 saturated carbocycles. The third kappa shape index (κ3) is 4.14. The summed E-state index contributed by atoms with van der Waals surface area (Å²) >= 11 is 0. The van der Waals surface area contributed by atoms with Gasteiger partial charge in [0.1, 0.15) is 6.04 Å². The Morgan fingerprint density at radius 1 is 1.32 bits per heavy atom. The van der Waals surface area contributed by atoms with E-state index in [-0.39, 0.29) is 24.7 Å². The molecule has 2 aliphatic heterocycles. The lowest BCUT2D eigenvalue weighted by Crippen LogP contribution is -2.53. The normalized spacial score (nSPS) is 21.0. The maximum Gasteiger partial charge on any atom is 0.249 e. The molecule has 1 aromatic rings. The topological polar surface area (TPSA) is 94.6 Å². The summed E-state index contributed by atoms with van der Waals surface area (Å²) in [7, 11) is 1.59. The van der Waals surface area contributed by atoms with Crippen LogP contribution in [0.3, 0.4) is 0 Å². The quantitative estimate of drug-likeness (QED) is 0.701. The fraction of sp³-hybridized carbons (Fsp3) is 0.529. The number of pyridine rings is 1. The monoisotopic (exact) mass is 345 g/mol. The lowest BCUT2D eigenvalue weighted by molar-refractivity contribution is -0.144. The summed E-state index contributed by atoms with van der Waals surface area (Å²) in [6, 6.07) is 3.24. The van der Waals surface area contributed by atoms with E-state index in [1.165, 1.54) is 4.90 Å². The highest BCUT2D eigenvalue weighted by atomic mass is 16.2. The van der Waals surface area contributed by atoms with Gasteiger partial charge in [0.05, 0.1) is 18.3 Å². The van der Waals surface area contributed by atoms with Gasteiger partial charge in [0, 0.05) is 45.3 Å². The number of nitrogens with zero attached hydrogens (tertiary/aromatic N) is 3. The van der Waals surface area contributed by atoms with Crippen molar-refractivity contribution in [1.82, 2.24) is 20.5 Å². The van der Waals surface area contributed by atoms with Crippen LogP contribution in [0, 0.1) is 0 Å². The van der Waals surface area contributed by atoms with E-state index in [1.807, 2.05) is 12.1 Å². The molecule has 1 unspecified atom stereocenters. The van der Waals surface area contributed by atoms with E-state index in [1.54, 1.807) is 13.2 Å². The molecule has 8 heteroatoms. The second-order valence-electron chi connectivity index (χ2n) is 6.39. The average molecular weight is 345 g/mol. The van der Waals surface area contributed by atoms with Crippen LogP contribution in [0.15, 0.2) is 18.3 Å². The van der Waals surface area contributed by atoms with Crippen LogP contribution in [0.5, 0.6) is 0 Å². The number of aromatic nitrogens is 1. The van der Waals surface area contributed by atoms with Crippen molar-refractivity contribution in [3.05, 3.63) is 24.0 Å². The van der Waals surface area contributed by atoms with Gasteiger partial charge in [-0.25, -0.2) is 0 Å². The van der Waals surface area contributed by atoms with Crippen LogP contribution in [0.1, 0.15) is 18.5 Å². The van der Waals surface area contributed by atoms with Gasteiger partial charge in [-0.1, -0.05) is 0 Å². The minimum Gasteiger partial charge on any atom is -0.368 e. The second kappa shape index (κ2) is 7.60. The molecule has 0 aromatic carbocycles. The number of carbonyl (C=O) groups excluding carboxylic acids is 3. The van der Waals surface area contributed by atoms with Crippen LogP contribution in [-0.2, 0) is 20.8 Å². The molecule has 8 nitrogen and oxygen atoms in total. The Morgan fingerprint density at radius 3 is 2.72 bits per heavy atom.